The van der Waals surface area contributed by atoms with Gasteiger partial charge in [-0.05, 0) is 43.7 Å². The van der Waals surface area contributed by atoms with Crippen molar-refractivity contribution in [2.24, 2.45) is 0 Å². The molecule has 4 nitrogen and oxygen atoms in total. The minimum atomic E-state index is -0.954. The van der Waals surface area contributed by atoms with Crippen LogP contribution in [0.3, 0.4) is 0 Å². The molecule has 25 heavy (non-hydrogen) atoms. The Bertz CT molecular complexity index is 682. The van der Waals surface area contributed by atoms with E-state index in [1.807, 2.05) is 55.5 Å². The van der Waals surface area contributed by atoms with Crippen molar-refractivity contribution in [1.82, 2.24) is 4.90 Å². The number of hydrogen-bond donors (Lipinski definition) is 1. The second kappa shape index (κ2) is 8.32. The Morgan fingerprint density at radius 1 is 1.12 bits per heavy atom. The highest BCUT2D eigenvalue weighted by Gasteiger charge is 2.28. The molecule has 0 aliphatic carbocycles. The van der Waals surface area contributed by atoms with Gasteiger partial charge in [-0.2, -0.15) is 0 Å². The average Bonchev–Trinajstić information content (AvgIpc) is 2.63. The summed E-state index contributed by atoms with van der Waals surface area (Å²) in [7, 11) is 0. The molecule has 1 fully saturated rings. The van der Waals surface area contributed by atoms with Crippen LogP contribution >= 0.6 is 15.9 Å². The zero-order valence-electron chi connectivity index (χ0n) is 14.5. The van der Waals surface area contributed by atoms with E-state index in [1.54, 1.807) is 0 Å². The van der Waals surface area contributed by atoms with Crippen LogP contribution < -0.4 is 4.74 Å². The summed E-state index contributed by atoms with van der Waals surface area (Å²) in [5.41, 5.74) is -0.143. The van der Waals surface area contributed by atoms with Crippen molar-refractivity contribution in [3.63, 3.8) is 0 Å². The summed E-state index contributed by atoms with van der Waals surface area (Å²) >= 11 is 3.43. The van der Waals surface area contributed by atoms with Crippen LogP contribution in [0, 0.1) is 0 Å². The number of aliphatic hydroxyl groups is 1. The van der Waals surface area contributed by atoms with Gasteiger partial charge < -0.3 is 14.6 Å². The number of halogens is 1. The van der Waals surface area contributed by atoms with Gasteiger partial charge in [-0.3, -0.25) is 4.90 Å². The first-order valence-electron chi connectivity index (χ1n) is 8.60. The lowest BCUT2D eigenvalue weighted by Crippen LogP contribution is -2.39. The van der Waals surface area contributed by atoms with Crippen LogP contribution in [0.2, 0.25) is 0 Å². The Kier molecular flexibility index (Phi) is 6.12. The fourth-order valence-corrected chi connectivity index (χ4v) is 3.23. The van der Waals surface area contributed by atoms with E-state index in [1.165, 1.54) is 0 Å². The summed E-state index contributed by atoms with van der Waals surface area (Å²) in [4.78, 5) is 2.33. The number of morpholine rings is 1. The van der Waals surface area contributed by atoms with Crippen LogP contribution in [0.25, 0.3) is 0 Å². The molecule has 0 amide bonds. The summed E-state index contributed by atoms with van der Waals surface area (Å²) in [5.74, 6) is 1.44. The van der Waals surface area contributed by atoms with E-state index in [9.17, 15) is 5.11 Å². The maximum absolute atomic E-state index is 11.1. The van der Waals surface area contributed by atoms with E-state index in [-0.39, 0.29) is 0 Å². The Morgan fingerprint density at radius 3 is 2.52 bits per heavy atom. The molecule has 0 radical (unpaired) electrons. The second-order valence-corrected chi connectivity index (χ2v) is 7.45. The molecule has 2 aromatic rings. The van der Waals surface area contributed by atoms with Crippen LogP contribution in [0.15, 0.2) is 53.0 Å². The Balaban J connectivity index is 1.72. The first-order valence-corrected chi connectivity index (χ1v) is 9.39. The van der Waals surface area contributed by atoms with E-state index in [4.69, 9.17) is 9.47 Å². The standard InChI is InChI=1S/C20H24BrNO3/c1-20(23,10-11-22-12-14-24-15-13-22)18-4-2-3-5-19(18)25-17-8-6-16(21)7-9-17/h2-9,23H,10-15H2,1H3. The lowest BCUT2D eigenvalue weighted by Gasteiger charge is -2.31. The highest BCUT2D eigenvalue weighted by molar-refractivity contribution is 9.10. The van der Waals surface area contributed by atoms with Gasteiger partial charge in [-0.25, -0.2) is 0 Å². The maximum Gasteiger partial charge on any atom is 0.133 e. The van der Waals surface area contributed by atoms with Crippen molar-refractivity contribution in [2.75, 3.05) is 32.8 Å². The predicted octanol–water partition coefficient (Wildman–Crippen LogP) is 4.17. The number of ether oxygens (including phenoxy) is 2. The van der Waals surface area contributed by atoms with Crippen molar-refractivity contribution in [2.45, 2.75) is 18.9 Å². The Labute approximate surface area is 157 Å². The molecule has 0 saturated carbocycles. The molecule has 0 bridgehead atoms. The highest BCUT2D eigenvalue weighted by atomic mass is 79.9. The average molecular weight is 406 g/mol. The Morgan fingerprint density at radius 2 is 1.80 bits per heavy atom. The van der Waals surface area contributed by atoms with Crippen LogP contribution in [-0.4, -0.2) is 42.9 Å². The minimum Gasteiger partial charge on any atom is -0.457 e. The summed E-state index contributed by atoms with van der Waals surface area (Å²) < 4.78 is 12.4. The lowest BCUT2D eigenvalue weighted by molar-refractivity contribution is 0.00470. The summed E-state index contributed by atoms with van der Waals surface area (Å²) in [6.07, 6.45) is 0.647. The smallest absolute Gasteiger partial charge is 0.133 e. The molecule has 0 aromatic heterocycles. The predicted molar refractivity (Wildman–Crippen MR) is 102 cm³/mol. The van der Waals surface area contributed by atoms with E-state index in [0.717, 1.165) is 48.6 Å². The first kappa shape index (κ1) is 18.4. The third-order valence-electron chi connectivity index (χ3n) is 4.53. The lowest BCUT2D eigenvalue weighted by atomic mass is 9.91. The van der Waals surface area contributed by atoms with Crippen LogP contribution in [0.4, 0.5) is 0 Å². The van der Waals surface area contributed by atoms with Crippen molar-refractivity contribution in [1.29, 1.82) is 0 Å². The molecule has 3 rings (SSSR count). The van der Waals surface area contributed by atoms with E-state index in [0.29, 0.717) is 12.2 Å². The monoisotopic (exact) mass is 405 g/mol. The fraction of sp³-hybridized carbons (Fsp3) is 0.400. The molecule has 1 heterocycles. The van der Waals surface area contributed by atoms with Crippen LogP contribution in [0.1, 0.15) is 18.9 Å². The topological polar surface area (TPSA) is 41.9 Å². The normalized spacial score (nSPS) is 17.9. The SMILES string of the molecule is CC(O)(CCN1CCOCC1)c1ccccc1Oc1ccc(Br)cc1. The van der Waals surface area contributed by atoms with E-state index < -0.39 is 5.60 Å². The molecule has 1 aliphatic heterocycles. The molecular formula is C20H24BrNO3. The van der Waals surface area contributed by atoms with Crippen LogP contribution in [0.5, 0.6) is 11.5 Å². The molecular weight excluding hydrogens is 382 g/mol. The maximum atomic E-state index is 11.1. The molecule has 1 atom stereocenters. The number of hydrogen-bond acceptors (Lipinski definition) is 4. The quantitative estimate of drug-likeness (QED) is 0.782. The molecule has 0 spiro atoms. The molecule has 2 aromatic carbocycles. The first-order chi connectivity index (χ1) is 12.0. The number of benzene rings is 2. The molecule has 5 heteroatoms. The third-order valence-corrected chi connectivity index (χ3v) is 5.06. The molecule has 1 unspecified atom stereocenters. The zero-order chi connectivity index (χ0) is 17.7. The van der Waals surface area contributed by atoms with Gasteiger partial charge in [0.1, 0.15) is 11.5 Å². The molecule has 1 aliphatic rings. The summed E-state index contributed by atoms with van der Waals surface area (Å²) in [6.45, 7) is 6.08. The zero-order valence-corrected chi connectivity index (χ0v) is 16.0. The van der Waals surface area contributed by atoms with Gasteiger partial charge in [0, 0.05) is 29.7 Å². The summed E-state index contributed by atoms with van der Waals surface area (Å²) in [6, 6.07) is 15.4. The van der Waals surface area contributed by atoms with Gasteiger partial charge in [0.25, 0.3) is 0 Å². The number of nitrogens with zero attached hydrogens (tertiary/aromatic N) is 1. The highest BCUT2D eigenvalue weighted by Crippen LogP contribution is 2.35. The summed E-state index contributed by atoms with van der Waals surface area (Å²) in [5, 5.41) is 11.1. The van der Waals surface area contributed by atoms with Gasteiger partial charge in [-0.15, -0.1) is 0 Å². The second-order valence-electron chi connectivity index (χ2n) is 6.53. The fourth-order valence-electron chi connectivity index (χ4n) is 2.97. The third kappa shape index (κ3) is 5.05. The number of para-hydroxylation sites is 1. The van der Waals surface area contributed by atoms with Gasteiger partial charge in [-0.1, -0.05) is 34.1 Å². The number of rotatable bonds is 6. The van der Waals surface area contributed by atoms with Crippen molar-refractivity contribution in [3.8, 4) is 11.5 Å². The molecule has 1 N–H and O–H groups in total. The van der Waals surface area contributed by atoms with Gasteiger partial charge in [0.2, 0.25) is 0 Å². The van der Waals surface area contributed by atoms with E-state index in [2.05, 4.69) is 20.8 Å². The van der Waals surface area contributed by atoms with Gasteiger partial charge in [0.15, 0.2) is 0 Å². The van der Waals surface area contributed by atoms with Crippen molar-refractivity contribution >= 4 is 15.9 Å². The van der Waals surface area contributed by atoms with Gasteiger partial charge in [0.05, 0.1) is 18.8 Å². The largest absolute Gasteiger partial charge is 0.457 e. The van der Waals surface area contributed by atoms with E-state index >= 15 is 0 Å². The Hall–Kier alpha value is -1.40. The molecule has 134 valence electrons. The van der Waals surface area contributed by atoms with Gasteiger partial charge >= 0.3 is 0 Å². The van der Waals surface area contributed by atoms with Crippen molar-refractivity contribution in [3.05, 3.63) is 58.6 Å². The molecule has 1 saturated heterocycles. The van der Waals surface area contributed by atoms with Crippen molar-refractivity contribution < 1.29 is 14.6 Å². The van der Waals surface area contributed by atoms with Crippen LogP contribution in [-0.2, 0) is 10.3 Å². The minimum absolute atomic E-state index is 0.647.